The third-order valence-electron chi connectivity index (χ3n) is 4.67. The Labute approximate surface area is 156 Å². The summed E-state index contributed by atoms with van der Waals surface area (Å²) in [6.45, 7) is 0.717. The largest absolute Gasteiger partial charge is 0.484 e. The number of primary amides is 1. The van der Waals surface area contributed by atoms with Gasteiger partial charge in [0.15, 0.2) is 6.61 Å². The van der Waals surface area contributed by atoms with Crippen LogP contribution in [-0.4, -0.2) is 31.6 Å². The summed E-state index contributed by atoms with van der Waals surface area (Å²) >= 11 is 0. The van der Waals surface area contributed by atoms with Crippen LogP contribution in [0.3, 0.4) is 0 Å². The number of benzene rings is 2. The molecule has 7 heteroatoms. The van der Waals surface area contributed by atoms with Gasteiger partial charge >= 0.3 is 0 Å². The molecule has 0 aromatic heterocycles. The molecule has 142 valence electrons. The number of nitrogens with one attached hydrogen (secondary N) is 1. The predicted octanol–water partition coefficient (Wildman–Crippen LogP) is 2.38. The number of rotatable bonds is 6. The maximum absolute atomic E-state index is 13.3. The average Bonchev–Trinajstić information content (AvgIpc) is 2.68. The van der Waals surface area contributed by atoms with Gasteiger partial charge in [-0.1, -0.05) is 12.1 Å². The van der Waals surface area contributed by atoms with Crippen molar-refractivity contribution in [3.63, 3.8) is 0 Å². The van der Waals surface area contributed by atoms with Gasteiger partial charge in [-0.2, -0.15) is 0 Å². The first-order chi connectivity index (χ1) is 13.0. The number of carbonyl (C=O) groups is 2. The SMILES string of the molecule is NC(=O)COc1ccc(NC(=O)C2(c3ccc(F)cc3)CCOCC2)cc1. The molecule has 3 N–H and O–H groups in total. The second kappa shape index (κ2) is 8.18. The average molecular weight is 372 g/mol. The number of hydrogen-bond acceptors (Lipinski definition) is 4. The number of nitrogens with two attached hydrogens (primary N) is 1. The van der Waals surface area contributed by atoms with E-state index in [1.807, 2.05) is 0 Å². The van der Waals surface area contributed by atoms with Gasteiger partial charge in [0.1, 0.15) is 11.6 Å². The molecule has 0 saturated carbocycles. The second-order valence-electron chi connectivity index (χ2n) is 6.43. The van der Waals surface area contributed by atoms with Crippen LogP contribution in [0.5, 0.6) is 5.75 Å². The summed E-state index contributed by atoms with van der Waals surface area (Å²) in [5.41, 5.74) is 5.64. The molecule has 1 aliphatic heterocycles. The standard InChI is InChI=1S/C20H21FN2O4/c21-15-3-1-14(2-4-15)20(9-11-26-12-10-20)19(25)23-16-5-7-17(8-6-16)27-13-18(22)24/h1-8H,9-13H2,(H2,22,24)(H,23,25). The highest BCUT2D eigenvalue weighted by molar-refractivity contribution is 5.99. The fourth-order valence-electron chi connectivity index (χ4n) is 3.18. The quantitative estimate of drug-likeness (QED) is 0.815. The van der Waals surface area contributed by atoms with E-state index in [9.17, 15) is 14.0 Å². The topological polar surface area (TPSA) is 90.7 Å². The molecule has 1 heterocycles. The van der Waals surface area contributed by atoms with Crippen LogP contribution >= 0.6 is 0 Å². The lowest BCUT2D eigenvalue weighted by Crippen LogP contribution is -2.44. The van der Waals surface area contributed by atoms with Gasteiger partial charge < -0.3 is 20.5 Å². The maximum Gasteiger partial charge on any atom is 0.255 e. The summed E-state index contributed by atoms with van der Waals surface area (Å²) in [7, 11) is 0. The summed E-state index contributed by atoms with van der Waals surface area (Å²) in [5.74, 6) is -0.588. The Morgan fingerprint density at radius 3 is 2.30 bits per heavy atom. The number of hydrogen-bond donors (Lipinski definition) is 2. The van der Waals surface area contributed by atoms with Crippen molar-refractivity contribution in [2.24, 2.45) is 5.73 Å². The molecule has 1 fully saturated rings. The van der Waals surface area contributed by atoms with Crippen molar-refractivity contribution in [2.45, 2.75) is 18.3 Å². The number of carbonyl (C=O) groups excluding carboxylic acids is 2. The molecule has 0 aliphatic carbocycles. The molecule has 2 aromatic carbocycles. The van der Waals surface area contributed by atoms with E-state index in [-0.39, 0.29) is 18.3 Å². The summed E-state index contributed by atoms with van der Waals surface area (Å²) in [6.07, 6.45) is 1.04. The minimum absolute atomic E-state index is 0.164. The van der Waals surface area contributed by atoms with Crippen LogP contribution < -0.4 is 15.8 Å². The Balaban J connectivity index is 1.77. The highest BCUT2D eigenvalue weighted by Crippen LogP contribution is 2.36. The highest BCUT2D eigenvalue weighted by Gasteiger charge is 2.41. The smallest absolute Gasteiger partial charge is 0.255 e. The Kier molecular flexibility index (Phi) is 5.71. The number of anilines is 1. The van der Waals surface area contributed by atoms with Crippen molar-refractivity contribution in [3.8, 4) is 5.75 Å². The molecule has 0 unspecified atom stereocenters. The lowest BCUT2D eigenvalue weighted by atomic mass is 9.73. The summed E-state index contributed by atoms with van der Waals surface area (Å²) in [4.78, 5) is 23.9. The van der Waals surface area contributed by atoms with Gasteiger partial charge in [-0.15, -0.1) is 0 Å². The Hall–Kier alpha value is -2.93. The fourth-order valence-corrected chi connectivity index (χ4v) is 3.18. The molecule has 2 amide bonds. The van der Waals surface area contributed by atoms with Crippen LogP contribution in [0.25, 0.3) is 0 Å². The van der Waals surface area contributed by atoms with Crippen molar-refractivity contribution in [1.29, 1.82) is 0 Å². The van der Waals surface area contributed by atoms with Crippen LogP contribution in [0.1, 0.15) is 18.4 Å². The van der Waals surface area contributed by atoms with Crippen molar-refractivity contribution in [2.75, 3.05) is 25.1 Å². The van der Waals surface area contributed by atoms with Crippen LogP contribution in [0.15, 0.2) is 48.5 Å². The van der Waals surface area contributed by atoms with E-state index >= 15 is 0 Å². The van der Waals surface area contributed by atoms with E-state index in [1.54, 1.807) is 36.4 Å². The zero-order valence-corrected chi connectivity index (χ0v) is 14.7. The van der Waals surface area contributed by atoms with E-state index in [0.29, 0.717) is 37.5 Å². The normalized spacial score (nSPS) is 15.7. The Bertz CT molecular complexity index is 800. The molecule has 1 saturated heterocycles. The molecular weight excluding hydrogens is 351 g/mol. The number of amides is 2. The molecule has 6 nitrogen and oxygen atoms in total. The third kappa shape index (κ3) is 4.43. The van der Waals surface area contributed by atoms with Gasteiger partial charge in [-0.05, 0) is 54.8 Å². The molecule has 1 aliphatic rings. The fraction of sp³-hybridized carbons (Fsp3) is 0.300. The van der Waals surface area contributed by atoms with Crippen LogP contribution in [0.4, 0.5) is 10.1 Å². The Morgan fingerprint density at radius 1 is 1.07 bits per heavy atom. The third-order valence-corrected chi connectivity index (χ3v) is 4.67. The van der Waals surface area contributed by atoms with E-state index in [0.717, 1.165) is 5.56 Å². The first kappa shape index (κ1) is 18.8. The molecule has 27 heavy (non-hydrogen) atoms. The van der Waals surface area contributed by atoms with Crippen molar-refractivity contribution in [3.05, 3.63) is 59.9 Å². The maximum atomic E-state index is 13.3. The first-order valence-electron chi connectivity index (χ1n) is 8.66. The molecular formula is C20H21FN2O4. The van der Waals surface area contributed by atoms with E-state index in [1.165, 1.54) is 12.1 Å². The molecule has 0 bridgehead atoms. The van der Waals surface area contributed by atoms with Gasteiger partial charge in [0.25, 0.3) is 5.91 Å². The van der Waals surface area contributed by atoms with Crippen molar-refractivity contribution < 1.29 is 23.5 Å². The summed E-state index contributed by atoms with van der Waals surface area (Å²) < 4.78 is 23.9. The lowest BCUT2D eigenvalue weighted by molar-refractivity contribution is -0.125. The molecule has 0 radical (unpaired) electrons. The van der Waals surface area contributed by atoms with Gasteiger partial charge in [-0.25, -0.2) is 4.39 Å². The lowest BCUT2D eigenvalue weighted by Gasteiger charge is -2.36. The van der Waals surface area contributed by atoms with Crippen molar-refractivity contribution >= 4 is 17.5 Å². The van der Waals surface area contributed by atoms with Gasteiger partial charge in [-0.3, -0.25) is 9.59 Å². The van der Waals surface area contributed by atoms with Crippen LogP contribution in [-0.2, 0) is 19.7 Å². The summed E-state index contributed by atoms with van der Waals surface area (Å²) in [5, 5.41) is 2.92. The van der Waals surface area contributed by atoms with Crippen LogP contribution in [0.2, 0.25) is 0 Å². The predicted molar refractivity (Wildman–Crippen MR) is 97.9 cm³/mol. The first-order valence-corrected chi connectivity index (χ1v) is 8.66. The van der Waals surface area contributed by atoms with Gasteiger partial charge in [0.05, 0.1) is 5.41 Å². The van der Waals surface area contributed by atoms with Gasteiger partial charge in [0.2, 0.25) is 5.91 Å². The van der Waals surface area contributed by atoms with E-state index < -0.39 is 11.3 Å². The Morgan fingerprint density at radius 2 is 1.70 bits per heavy atom. The molecule has 0 spiro atoms. The van der Waals surface area contributed by atoms with Crippen molar-refractivity contribution in [1.82, 2.24) is 0 Å². The molecule has 0 atom stereocenters. The zero-order chi connectivity index (χ0) is 19.3. The number of ether oxygens (including phenoxy) is 2. The minimum Gasteiger partial charge on any atom is -0.484 e. The molecule has 3 rings (SSSR count). The zero-order valence-electron chi connectivity index (χ0n) is 14.7. The van der Waals surface area contributed by atoms with Crippen LogP contribution in [0, 0.1) is 5.82 Å². The van der Waals surface area contributed by atoms with Gasteiger partial charge in [0, 0.05) is 18.9 Å². The minimum atomic E-state index is -0.771. The highest BCUT2D eigenvalue weighted by atomic mass is 19.1. The molecule has 2 aromatic rings. The second-order valence-corrected chi connectivity index (χ2v) is 6.43. The summed E-state index contributed by atoms with van der Waals surface area (Å²) in [6, 6.07) is 12.7. The number of halogens is 1. The van der Waals surface area contributed by atoms with E-state index in [2.05, 4.69) is 5.32 Å². The monoisotopic (exact) mass is 372 g/mol. The van der Waals surface area contributed by atoms with E-state index in [4.69, 9.17) is 15.2 Å².